The number of benzene rings is 1. The van der Waals surface area contributed by atoms with Crippen LogP contribution in [0.5, 0.6) is 0 Å². The fourth-order valence-corrected chi connectivity index (χ4v) is 3.65. The van der Waals surface area contributed by atoms with Crippen LogP contribution in [0, 0.1) is 0 Å². The van der Waals surface area contributed by atoms with Gasteiger partial charge in [-0.05, 0) is 61.8 Å². The molecule has 1 aromatic rings. The Morgan fingerprint density at radius 1 is 1.33 bits per heavy atom. The third kappa shape index (κ3) is 3.42. The minimum atomic E-state index is -0.850. The van der Waals surface area contributed by atoms with Crippen LogP contribution >= 0.6 is 0 Å². The van der Waals surface area contributed by atoms with E-state index in [0.29, 0.717) is 0 Å². The maximum Gasteiger partial charge on any atom is 0.0529 e. The van der Waals surface area contributed by atoms with E-state index < -0.39 is 10.8 Å². The van der Waals surface area contributed by atoms with Crippen LogP contribution in [0.1, 0.15) is 43.7 Å². The maximum atomic E-state index is 12.2. The molecule has 1 aliphatic rings. The Balaban J connectivity index is 1.89. The highest BCUT2D eigenvalue weighted by atomic mass is 32.2. The van der Waals surface area contributed by atoms with Crippen LogP contribution in [0.15, 0.2) is 23.1 Å². The summed E-state index contributed by atoms with van der Waals surface area (Å²) in [4.78, 5) is 1.00. The van der Waals surface area contributed by atoms with Crippen molar-refractivity contribution in [1.29, 1.82) is 0 Å². The molecule has 0 saturated carbocycles. The zero-order valence-corrected chi connectivity index (χ0v) is 12.0. The molecular formula is C15H23NOS. The van der Waals surface area contributed by atoms with Gasteiger partial charge in [0.1, 0.15) is 0 Å². The first kappa shape index (κ1) is 13.8. The lowest BCUT2D eigenvalue weighted by Gasteiger charge is -2.08. The number of rotatable bonds is 6. The number of hydrogen-bond donors (Lipinski definition) is 1. The van der Waals surface area contributed by atoms with Gasteiger partial charge in [0, 0.05) is 16.7 Å². The third-order valence-corrected chi connectivity index (χ3v) is 5.20. The second kappa shape index (κ2) is 6.48. The van der Waals surface area contributed by atoms with Crippen LogP contribution < -0.4 is 5.73 Å². The SMILES string of the molecule is CCC(N)CCCS(=O)c1ccc2c(c1)CCC2. The first-order chi connectivity index (χ1) is 8.70. The first-order valence-corrected chi connectivity index (χ1v) is 8.28. The molecule has 1 aliphatic carbocycles. The molecule has 0 spiro atoms. The molecule has 2 atom stereocenters. The lowest BCUT2D eigenvalue weighted by Crippen LogP contribution is -2.19. The van der Waals surface area contributed by atoms with E-state index in [9.17, 15) is 4.21 Å². The molecule has 0 amide bonds. The molecule has 2 nitrogen and oxygen atoms in total. The zero-order valence-electron chi connectivity index (χ0n) is 11.2. The normalized spacial score (nSPS) is 17.4. The molecule has 2 rings (SSSR count). The van der Waals surface area contributed by atoms with E-state index >= 15 is 0 Å². The van der Waals surface area contributed by atoms with Gasteiger partial charge in [0.05, 0.1) is 10.8 Å². The van der Waals surface area contributed by atoms with Gasteiger partial charge in [-0.25, -0.2) is 0 Å². The molecule has 0 fully saturated rings. The van der Waals surface area contributed by atoms with Crippen LogP contribution in [0.25, 0.3) is 0 Å². The lowest BCUT2D eigenvalue weighted by molar-refractivity contribution is 0.586. The quantitative estimate of drug-likeness (QED) is 0.859. The molecule has 0 radical (unpaired) electrons. The van der Waals surface area contributed by atoms with Crippen molar-refractivity contribution < 1.29 is 4.21 Å². The van der Waals surface area contributed by atoms with Crippen molar-refractivity contribution in [2.75, 3.05) is 5.75 Å². The average Bonchev–Trinajstić information content (AvgIpc) is 2.85. The molecule has 3 heteroatoms. The number of nitrogens with two attached hydrogens (primary N) is 1. The lowest BCUT2D eigenvalue weighted by atomic mass is 10.1. The van der Waals surface area contributed by atoms with Gasteiger partial charge >= 0.3 is 0 Å². The minimum absolute atomic E-state index is 0.266. The van der Waals surface area contributed by atoms with Crippen molar-refractivity contribution >= 4 is 10.8 Å². The van der Waals surface area contributed by atoms with Crippen molar-refractivity contribution in [1.82, 2.24) is 0 Å². The van der Waals surface area contributed by atoms with Crippen molar-refractivity contribution in [3.05, 3.63) is 29.3 Å². The number of aryl methyl sites for hydroxylation is 2. The topological polar surface area (TPSA) is 43.1 Å². The van der Waals surface area contributed by atoms with Crippen LogP contribution in [-0.4, -0.2) is 16.0 Å². The predicted molar refractivity (Wildman–Crippen MR) is 77.2 cm³/mol. The maximum absolute atomic E-state index is 12.2. The summed E-state index contributed by atoms with van der Waals surface area (Å²) in [6, 6.07) is 6.62. The van der Waals surface area contributed by atoms with Gasteiger partial charge in [0.25, 0.3) is 0 Å². The fraction of sp³-hybridized carbons (Fsp3) is 0.600. The Bertz CT molecular complexity index is 431. The molecule has 0 heterocycles. The molecule has 0 aliphatic heterocycles. The van der Waals surface area contributed by atoms with E-state index in [0.717, 1.165) is 36.3 Å². The van der Waals surface area contributed by atoms with Gasteiger partial charge in [-0.15, -0.1) is 0 Å². The Morgan fingerprint density at radius 3 is 2.89 bits per heavy atom. The Labute approximate surface area is 112 Å². The van der Waals surface area contributed by atoms with E-state index in [1.165, 1.54) is 24.0 Å². The van der Waals surface area contributed by atoms with Gasteiger partial charge in [0.2, 0.25) is 0 Å². The van der Waals surface area contributed by atoms with E-state index in [1.807, 2.05) is 6.07 Å². The highest BCUT2D eigenvalue weighted by molar-refractivity contribution is 7.85. The molecule has 1 aromatic carbocycles. The monoisotopic (exact) mass is 265 g/mol. The second-order valence-electron chi connectivity index (χ2n) is 5.14. The third-order valence-electron chi connectivity index (χ3n) is 3.76. The standard InChI is InChI=1S/C15H23NOS/c1-2-14(16)7-4-10-18(17)15-9-8-12-5-3-6-13(12)11-15/h8-9,11,14H,2-7,10,16H2,1H3. The highest BCUT2D eigenvalue weighted by Crippen LogP contribution is 2.24. The van der Waals surface area contributed by atoms with E-state index in [2.05, 4.69) is 19.1 Å². The molecule has 2 unspecified atom stereocenters. The average molecular weight is 265 g/mol. The van der Waals surface area contributed by atoms with E-state index in [1.54, 1.807) is 0 Å². The summed E-state index contributed by atoms with van der Waals surface area (Å²) < 4.78 is 12.2. The molecule has 100 valence electrons. The molecular weight excluding hydrogens is 242 g/mol. The fourth-order valence-electron chi connectivity index (χ4n) is 2.49. The summed E-state index contributed by atoms with van der Waals surface area (Å²) in [5.74, 6) is 0.743. The molecule has 2 N–H and O–H groups in total. The summed E-state index contributed by atoms with van der Waals surface area (Å²) in [6.07, 6.45) is 6.53. The summed E-state index contributed by atoms with van der Waals surface area (Å²) in [7, 11) is -0.850. The van der Waals surface area contributed by atoms with Gasteiger partial charge in [-0.3, -0.25) is 4.21 Å². The predicted octanol–water partition coefficient (Wildman–Crippen LogP) is 2.80. The van der Waals surface area contributed by atoms with E-state index in [4.69, 9.17) is 5.73 Å². The van der Waals surface area contributed by atoms with Crippen LogP contribution in [-0.2, 0) is 23.6 Å². The Morgan fingerprint density at radius 2 is 2.11 bits per heavy atom. The van der Waals surface area contributed by atoms with Gasteiger partial charge < -0.3 is 5.73 Å². The van der Waals surface area contributed by atoms with Crippen molar-refractivity contribution in [3.8, 4) is 0 Å². The second-order valence-corrected chi connectivity index (χ2v) is 6.71. The van der Waals surface area contributed by atoms with Gasteiger partial charge in [0.15, 0.2) is 0 Å². The number of hydrogen-bond acceptors (Lipinski definition) is 2. The van der Waals surface area contributed by atoms with Gasteiger partial charge in [-0.2, -0.15) is 0 Å². The van der Waals surface area contributed by atoms with Gasteiger partial charge in [-0.1, -0.05) is 13.0 Å². The smallest absolute Gasteiger partial charge is 0.0529 e. The zero-order chi connectivity index (χ0) is 13.0. The first-order valence-electron chi connectivity index (χ1n) is 6.96. The van der Waals surface area contributed by atoms with Crippen LogP contribution in [0.3, 0.4) is 0 Å². The summed E-state index contributed by atoms with van der Waals surface area (Å²) >= 11 is 0. The van der Waals surface area contributed by atoms with Crippen molar-refractivity contribution in [2.24, 2.45) is 5.73 Å². The molecule has 0 aromatic heterocycles. The summed E-state index contributed by atoms with van der Waals surface area (Å²) in [5.41, 5.74) is 8.73. The Kier molecular flexibility index (Phi) is 4.95. The molecule has 0 saturated heterocycles. The van der Waals surface area contributed by atoms with Crippen LogP contribution in [0.2, 0.25) is 0 Å². The Hall–Kier alpha value is -0.670. The minimum Gasteiger partial charge on any atom is -0.328 e. The summed E-state index contributed by atoms with van der Waals surface area (Å²) in [5, 5.41) is 0. The van der Waals surface area contributed by atoms with Crippen molar-refractivity contribution in [2.45, 2.75) is 56.4 Å². The van der Waals surface area contributed by atoms with Crippen molar-refractivity contribution in [3.63, 3.8) is 0 Å². The number of fused-ring (bicyclic) bond motifs is 1. The largest absolute Gasteiger partial charge is 0.328 e. The molecule has 18 heavy (non-hydrogen) atoms. The summed E-state index contributed by atoms with van der Waals surface area (Å²) in [6.45, 7) is 2.10. The van der Waals surface area contributed by atoms with E-state index in [-0.39, 0.29) is 6.04 Å². The molecule has 0 bridgehead atoms. The highest BCUT2D eigenvalue weighted by Gasteiger charge is 2.13. The van der Waals surface area contributed by atoms with Crippen LogP contribution in [0.4, 0.5) is 0 Å².